The molecule has 3 heterocycles. The minimum absolute atomic E-state index is 0.0570. The van der Waals surface area contributed by atoms with Gasteiger partial charge in [0.1, 0.15) is 5.60 Å². The van der Waals surface area contributed by atoms with Crippen molar-refractivity contribution in [2.75, 3.05) is 26.2 Å². The lowest BCUT2D eigenvalue weighted by Crippen LogP contribution is -2.38. The van der Waals surface area contributed by atoms with E-state index in [1.165, 1.54) is 0 Å². The molecule has 2 aromatic rings. The van der Waals surface area contributed by atoms with Gasteiger partial charge in [-0.1, -0.05) is 35.5 Å². The molecule has 154 valence electrons. The summed E-state index contributed by atoms with van der Waals surface area (Å²) in [5.41, 5.74) is 0.649. The van der Waals surface area contributed by atoms with Gasteiger partial charge in [-0.05, 0) is 33.6 Å². The zero-order valence-electron chi connectivity index (χ0n) is 17.2. The van der Waals surface area contributed by atoms with Crippen LogP contribution in [0.4, 0.5) is 4.79 Å². The van der Waals surface area contributed by atoms with Crippen molar-refractivity contribution in [3.63, 3.8) is 0 Å². The van der Waals surface area contributed by atoms with E-state index in [-0.39, 0.29) is 17.4 Å². The Morgan fingerprint density at radius 3 is 2.41 bits per heavy atom. The first-order valence-electron chi connectivity index (χ1n) is 10.0. The quantitative estimate of drug-likeness (QED) is 0.770. The number of carbonyl (C=O) groups is 2. The van der Waals surface area contributed by atoms with E-state index < -0.39 is 5.60 Å². The van der Waals surface area contributed by atoms with Crippen molar-refractivity contribution < 1.29 is 18.8 Å². The number of rotatable bonds is 2. The van der Waals surface area contributed by atoms with E-state index in [0.717, 1.165) is 18.4 Å². The van der Waals surface area contributed by atoms with E-state index in [9.17, 15) is 9.59 Å². The topological polar surface area (TPSA) is 75.9 Å². The molecule has 2 amide bonds. The molecular weight excluding hydrogens is 370 g/mol. The molecule has 0 aliphatic carbocycles. The standard InChI is InChI=1S/C22H27N3O4/c1-21(2,3)28-20(27)25-12-10-22(15-25)9-11-24(14-22)19(26)17-13-18(29-23-17)16-7-5-4-6-8-16/h4-8,13H,9-12,14-15H2,1-3H3. The van der Waals surface area contributed by atoms with E-state index >= 15 is 0 Å². The second-order valence-corrected chi connectivity index (χ2v) is 9.07. The Bertz CT molecular complexity index is 902. The summed E-state index contributed by atoms with van der Waals surface area (Å²) in [6, 6.07) is 11.3. The van der Waals surface area contributed by atoms with Gasteiger partial charge in [-0.2, -0.15) is 0 Å². The summed E-state index contributed by atoms with van der Waals surface area (Å²) in [6.07, 6.45) is 1.48. The lowest BCUT2D eigenvalue weighted by Gasteiger charge is -2.27. The van der Waals surface area contributed by atoms with Gasteiger partial charge in [0.2, 0.25) is 0 Å². The fourth-order valence-corrected chi connectivity index (χ4v) is 4.14. The molecule has 7 heteroatoms. The lowest BCUT2D eigenvalue weighted by atomic mass is 9.86. The normalized spacial score (nSPS) is 21.8. The molecule has 1 aromatic carbocycles. The van der Waals surface area contributed by atoms with Crippen LogP contribution >= 0.6 is 0 Å². The smallest absolute Gasteiger partial charge is 0.410 e. The third-order valence-corrected chi connectivity index (χ3v) is 5.60. The van der Waals surface area contributed by atoms with E-state index in [1.54, 1.807) is 11.0 Å². The third-order valence-electron chi connectivity index (χ3n) is 5.60. The minimum atomic E-state index is -0.506. The summed E-state index contributed by atoms with van der Waals surface area (Å²) < 4.78 is 10.9. The number of ether oxygens (including phenoxy) is 1. The van der Waals surface area contributed by atoms with Crippen molar-refractivity contribution in [2.24, 2.45) is 5.41 Å². The molecule has 4 rings (SSSR count). The number of aromatic nitrogens is 1. The summed E-state index contributed by atoms with van der Waals surface area (Å²) in [4.78, 5) is 28.9. The molecule has 0 bridgehead atoms. The Hall–Kier alpha value is -2.83. The van der Waals surface area contributed by atoms with Crippen LogP contribution in [0.25, 0.3) is 11.3 Å². The third kappa shape index (κ3) is 4.13. The monoisotopic (exact) mass is 397 g/mol. The van der Waals surface area contributed by atoms with Gasteiger partial charge in [-0.3, -0.25) is 4.79 Å². The molecule has 29 heavy (non-hydrogen) atoms. The summed E-state index contributed by atoms with van der Waals surface area (Å²) >= 11 is 0. The number of nitrogens with zero attached hydrogens (tertiary/aromatic N) is 3. The first-order chi connectivity index (χ1) is 13.7. The average Bonchev–Trinajstić information content (AvgIpc) is 3.41. The van der Waals surface area contributed by atoms with Crippen molar-refractivity contribution in [1.82, 2.24) is 15.0 Å². The molecule has 2 saturated heterocycles. The molecule has 1 spiro atoms. The second kappa shape index (κ2) is 7.21. The van der Waals surface area contributed by atoms with Gasteiger partial charge < -0.3 is 19.1 Å². The number of likely N-dealkylation sites (tertiary alicyclic amines) is 2. The zero-order chi connectivity index (χ0) is 20.6. The molecule has 2 aliphatic heterocycles. The molecule has 0 saturated carbocycles. The van der Waals surface area contributed by atoms with Gasteiger partial charge >= 0.3 is 6.09 Å². The highest BCUT2D eigenvalue weighted by molar-refractivity contribution is 5.93. The number of hydrogen-bond donors (Lipinski definition) is 0. The van der Waals surface area contributed by atoms with Crippen molar-refractivity contribution in [1.29, 1.82) is 0 Å². The molecular formula is C22H27N3O4. The van der Waals surface area contributed by atoms with Crippen LogP contribution in [0.5, 0.6) is 0 Å². The molecule has 1 aromatic heterocycles. The highest BCUT2D eigenvalue weighted by atomic mass is 16.6. The molecule has 0 radical (unpaired) electrons. The maximum Gasteiger partial charge on any atom is 0.410 e. The Balaban J connectivity index is 1.39. The van der Waals surface area contributed by atoms with Gasteiger partial charge in [-0.25, -0.2) is 4.79 Å². The predicted octanol–water partition coefficient (Wildman–Crippen LogP) is 3.81. The Labute approximate surface area is 170 Å². The van der Waals surface area contributed by atoms with Crippen LogP contribution in [0.1, 0.15) is 44.1 Å². The molecule has 0 N–H and O–H groups in total. The van der Waals surface area contributed by atoms with Crippen LogP contribution in [-0.4, -0.2) is 58.7 Å². The van der Waals surface area contributed by atoms with Crippen LogP contribution < -0.4 is 0 Å². The second-order valence-electron chi connectivity index (χ2n) is 9.07. The first kappa shape index (κ1) is 19.5. The number of benzene rings is 1. The Morgan fingerprint density at radius 2 is 1.72 bits per heavy atom. The molecule has 2 aliphatic rings. The molecule has 1 unspecified atom stereocenters. The number of amides is 2. The predicted molar refractivity (Wildman–Crippen MR) is 107 cm³/mol. The van der Waals surface area contributed by atoms with Crippen LogP contribution in [0.15, 0.2) is 40.9 Å². The summed E-state index contributed by atoms with van der Waals surface area (Å²) in [7, 11) is 0. The SMILES string of the molecule is CC(C)(C)OC(=O)N1CCC2(CCN(C(=O)c3cc(-c4ccccc4)on3)C2)C1. The summed E-state index contributed by atoms with van der Waals surface area (Å²) in [5, 5.41) is 3.98. The molecule has 7 nitrogen and oxygen atoms in total. The fourth-order valence-electron chi connectivity index (χ4n) is 4.14. The maximum absolute atomic E-state index is 12.9. The van der Waals surface area contributed by atoms with E-state index in [4.69, 9.17) is 9.26 Å². The van der Waals surface area contributed by atoms with E-state index in [2.05, 4.69) is 5.16 Å². The highest BCUT2D eigenvalue weighted by Gasteiger charge is 2.47. The minimum Gasteiger partial charge on any atom is -0.444 e. The maximum atomic E-state index is 12.9. The van der Waals surface area contributed by atoms with Crippen LogP contribution in [0.2, 0.25) is 0 Å². The Morgan fingerprint density at radius 1 is 1.07 bits per heavy atom. The van der Waals surface area contributed by atoms with Gasteiger partial charge in [0.15, 0.2) is 11.5 Å². The van der Waals surface area contributed by atoms with E-state index in [1.807, 2.05) is 56.0 Å². The number of hydrogen-bond acceptors (Lipinski definition) is 5. The molecule has 1 atom stereocenters. The van der Waals surface area contributed by atoms with Crippen molar-refractivity contribution in [2.45, 2.75) is 39.2 Å². The zero-order valence-corrected chi connectivity index (χ0v) is 17.2. The Kier molecular flexibility index (Phi) is 4.84. The summed E-state index contributed by atoms with van der Waals surface area (Å²) in [5.74, 6) is 0.461. The first-order valence-corrected chi connectivity index (χ1v) is 10.0. The van der Waals surface area contributed by atoms with Crippen molar-refractivity contribution in [3.8, 4) is 11.3 Å². The van der Waals surface area contributed by atoms with Crippen LogP contribution in [0, 0.1) is 5.41 Å². The van der Waals surface area contributed by atoms with E-state index in [0.29, 0.717) is 37.6 Å². The fraction of sp³-hybridized carbons (Fsp3) is 0.500. The lowest BCUT2D eigenvalue weighted by molar-refractivity contribution is 0.0274. The summed E-state index contributed by atoms with van der Waals surface area (Å²) in [6.45, 7) is 8.18. The van der Waals surface area contributed by atoms with Crippen LogP contribution in [-0.2, 0) is 4.74 Å². The van der Waals surface area contributed by atoms with Crippen LogP contribution in [0.3, 0.4) is 0 Å². The van der Waals surface area contributed by atoms with Gasteiger partial charge in [0.05, 0.1) is 0 Å². The average molecular weight is 397 g/mol. The van der Waals surface area contributed by atoms with Gasteiger partial charge in [0, 0.05) is 43.2 Å². The molecule has 2 fully saturated rings. The highest BCUT2D eigenvalue weighted by Crippen LogP contribution is 2.40. The largest absolute Gasteiger partial charge is 0.444 e. The van der Waals surface area contributed by atoms with Gasteiger partial charge in [-0.15, -0.1) is 0 Å². The van der Waals surface area contributed by atoms with Crippen molar-refractivity contribution >= 4 is 12.0 Å². The van der Waals surface area contributed by atoms with Crippen molar-refractivity contribution in [3.05, 3.63) is 42.1 Å². The van der Waals surface area contributed by atoms with Gasteiger partial charge in [0.25, 0.3) is 5.91 Å². The number of carbonyl (C=O) groups excluding carboxylic acids is 2.